The number of ether oxygens (including phenoxy) is 2. The van der Waals surface area contributed by atoms with Gasteiger partial charge in [0.15, 0.2) is 0 Å². The molecule has 1 heterocycles. The topological polar surface area (TPSA) is 27.7 Å². The van der Waals surface area contributed by atoms with Crippen molar-refractivity contribution in [1.29, 1.82) is 0 Å². The molecule has 0 amide bonds. The Morgan fingerprint density at radius 3 is 2.44 bits per heavy atom. The molecule has 1 aliphatic rings. The van der Waals surface area contributed by atoms with Gasteiger partial charge in [-0.2, -0.15) is 0 Å². The fraction of sp³-hybridized carbons (Fsp3) is 1.00. The van der Waals surface area contributed by atoms with Crippen LogP contribution in [0.1, 0.15) is 34.1 Å². The first-order chi connectivity index (χ1) is 7.70. The van der Waals surface area contributed by atoms with Gasteiger partial charge in [-0.1, -0.05) is 6.92 Å². The molecule has 1 saturated heterocycles. The average Bonchev–Trinajstić information content (AvgIpc) is 2.32. The van der Waals surface area contributed by atoms with Crippen LogP contribution < -0.4 is 0 Å². The van der Waals surface area contributed by atoms with Crippen molar-refractivity contribution in [3.8, 4) is 0 Å². The molecular weight excluding hydrogens is 206 g/mol. The molecule has 0 aromatic carbocycles. The van der Waals surface area contributed by atoms with Gasteiger partial charge >= 0.3 is 0 Å². The van der Waals surface area contributed by atoms with E-state index < -0.39 is 0 Å². The summed E-state index contributed by atoms with van der Waals surface area (Å²) in [5.41, 5.74) is -0.322. The van der Waals surface area contributed by atoms with E-state index in [1.54, 1.807) is 0 Å². The Morgan fingerprint density at radius 1 is 1.19 bits per heavy atom. The van der Waals surface area contributed by atoms with Gasteiger partial charge in [-0.3, -0.25) is 0 Å². The third-order valence-electron chi connectivity index (χ3n) is 3.52. The molecule has 0 bridgehead atoms. The van der Waals surface area contributed by atoms with Crippen molar-refractivity contribution in [2.75, 3.05) is 39.5 Å². The highest BCUT2D eigenvalue weighted by atomic mass is 16.8. The lowest BCUT2D eigenvalue weighted by molar-refractivity contribution is -1.16. The standard InChI is InChI=1S/C12H26NO3/c1-5-12(15-7-3)11-14-10-9-13(12,6-2)16-8-4/h5-11H2,1-4H3/q+1. The molecule has 0 saturated carbocycles. The summed E-state index contributed by atoms with van der Waals surface area (Å²) in [5, 5.41) is 0. The number of rotatable bonds is 6. The molecular formula is C12H26NO3+. The van der Waals surface area contributed by atoms with E-state index in [0.29, 0.717) is 24.5 Å². The maximum Gasteiger partial charge on any atom is 0.256 e. The fourth-order valence-corrected chi connectivity index (χ4v) is 2.65. The summed E-state index contributed by atoms with van der Waals surface area (Å²) in [7, 11) is 0. The highest BCUT2D eigenvalue weighted by Gasteiger charge is 2.54. The molecule has 4 nitrogen and oxygen atoms in total. The Balaban J connectivity index is 2.96. The molecule has 0 aromatic rings. The fourth-order valence-electron chi connectivity index (χ4n) is 2.65. The van der Waals surface area contributed by atoms with E-state index in [1.807, 2.05) is 13.8 Å². The Bertz CT molecular complexity index is 182. The lowest BCUT2D eigenvalue weighted by atomic mass is 10.1. The summed E-state index contributed by atoms with van der Waals surface area (Å²) in [5.74, 6) is 0. The van der Waals surface area contributed by atoms with E-state index in [-0.39, 0.29) is 5.72 Å². The summed E-state index contributed by atoms with van der Waals surface area (Å²) in [4.78, 5) is 6.01. The minimum absolute atomic E-state index is 0.322. The molecule has 0 spiro atoms. The molecule has 0 aliphatic carbocycles. The van der Waals surface area contributed by atoms with Crippen LogP contribution in [0.4, 0.5) is 0 Å². The van der Waals surface area contributed by atoms with Crippen LogP contribution in [0.25, 0.3) is 0 Å². The first-order valence-electron chi connectivity index (χ1n) is 6.43. The second kappa shape index (κ2) is 5.96. The second-order valence-electron chi connectivity index (χ2n) is 4.13. The highest BCUT2D eigenvalue weighted by molar-refractivity contribution is 4.71. The number of morpholine rings is 1. The zero-order chi connectivity index (χ0) is 12.1. The zero-order valence-corrected chi connectivity index (χ0v) is 11.1. The van der Waals surface area contributed by atoms with Gasteiger partial charge in [0.2, 0.25) is 0 Å². The first kappa shape index (κ1) is 13.9. The smallest absolute Gasteiger partial charge is 0.256 e. The SMILES string of the molecule is CCOC1(CC)COCC[N+]1(CC)OCC. The van der Waals surface area contributed by atoms with E-state index in [9.17, 15) is 0 Å². The predicted molar refractivity (Wildman–Crippen MR) is 62.8 cm³/mol. The number of hydrogen-bond acceptors (Lipinski definition) is 3. The van der Waals surface area contributed by atoms with Crippen LogP contribution in [0, 0.1) is 0 Å². The Morgan fingerprint density at radius 2 is 1.94 bits per heavy atom. The van der Waals surface area contributed by atoms with Crippen molar-refractivity contribution in [2.45, 2.75) is 39.8 Å². The third-order valence-corrected chi connectivity index (χ3v) is 3.52. The van der Waals surface area contributed by atoms with Crippen molar-refractivity contribution in [3.05, 3.63) is 0 Å². The van der Waals surface area contributed by atoms with Crippen LogP contribution in [-0.4, -0.2) is 49.9 Å². The van der Waals surface area contributed by atoms with E-state index in [0.717, 1.165) is 26.1 Å². The maximum atomic E-state index is 6.01. The zero-order valence-electron chi connectivity index (χ0n) is 11.1. The first-order valence-corrected chi connectivity index (χ1v) is 6.43. The lowest BCUT2D eigenvalue weighted by Crippen LogP contribution is -2.70. The van der Waals surface area contributed by atoms with Gasteiger partial charge in [0.1, 0.15) is 26.3 Å². The molecule has 1 rings (SSSR count). The number of nitrogens with zero attached hydrogens (tertiary/aromatic N) is 1. The van der Waals surface area contributed by atoms with Gasteiger partial charge in [-0.05, 0) is 20.8 Å². The Kier molecular flexibility index (Phi) is 5.18. The average molecular weight is 232 g/mol. The van der Waals surface area contributed by atoms with Crippen molar-refractivity contribution in [2.24, 2.45) is 0 Å². The second-order valence-corrected chi connectivity index (χ2v) is 4.13. The third kappa shape index (κ3) is 2.25. The van der Waals surface area contributed by atoms with Crippen LogP contribution in [0.15, 0.2) is 0 Å². The van der Waals surface area contributed by atoms with E-state index >= 15 is 0 Å². The Labute approximate surface area is 99.0 Å². The van der Waals surface area contributed by atoms with Crippen molar-refractivity contribution < 1.29 is 19.0 Å². The maximum absolute atomic E-state index is 6.01. The minimum atomic E-state index is -0.322. The number of hydrogen-bond donors (Lipinski definition) is 0. The normalized spacial score (nSPS) is 35.2. The van der Waals surface area contributed by atoms with Crippen LogP contribution >= 0.6 is 0 Å². The summed E-state index contributed by atoms with van der Waals surface area (Å²) in [6.07, 6.45) is 0.911. The van der Waals surface area contributed by atoms with Gasteiger partial charge in [0.05, 0.1) is 13.2 Å². The summed E-state index contributed by atoms with van der Waals surface area (Å²) < 4.78 is 12.2. The quantitative estimate of drug-likeness (QED) is 0.655. The molecule has 16 heavy (non-hydrogen) atoms. The molecule has 2 unspecified atom stereocenters. The lowest BCUT2D eigenvalue weighted by Gasteiger charge is -2.50. The molecule has 2 atom stereocenters. The van der Waals surface area contributed by atoms with Gasteiger partial charge in [0.25, 0.3) is 5.72 Å². The van der Waals surface area contributed by atoms with Crippen LogP contribution in [0.2, 0.25) is 0 Å². The molecule has 0 radical (unpaired) electrons. The van der Waals surface area contributed by atoms with Gasteiger partial charge in [-0.15, -0.1) is 4.65 Å². The van der Waals surface area contributed by atoms with Crippen LogP contribution in [0.3, 0.4) is 0 Å². The van der Waals surface area contributed by atoms with E-state index in [4.69, 9.17) is 14.3 Å². The van der Waals surface area contributed by atoms with Crippen molar-refractivity contribution in [1.82, 2.24) is 0 Å². The van der Waals surface area contributed by atoms with Gasteiger partial charge in [-0.25, -0.2) is 4.84 Å². The summed E-state index contributed by atoms with van der Waals surface area (Å²) >= 11 is 0. The number of quaternary nitrogens is 1. The summed E-state index contributed by atoms with van der Waals surface area (Å²) in [6.45, 7) is 13.0. The minimum Gasteiger partial charge on any atom is -0.366 e. The van der Waals surface area contributed by atoms with Crippen LogP contribution in [0.5, 0.6) is 0 Å². The largest absolute Gasteiger partial charge is 0.366 e. The molecule has 4 heteroatoms. The monoisotopic (exact) mass is 232 g/mol. The van der Waals surface area contributed by atoms with Crippen molar-refractivity contribution >= 4 is 0 Å². The predicted octanol–water partition coefficient (Wildman–Crippen LogP) is 1.95. The molecule has 0 aromatic heterocycles. The number of likely N-dealkylation sites (N-methyl/N-ethyl adjacent to an activating group) is 1. The molecule has 96 valence electrons. The van der Waals surface area contributed by atoms with Gasteiger partial charge < -0.3 is 9.47 Å². The Hall–Kier alpha value is -0.160. The number of hydroxylamine groups is 3. The van der Waals surface area contributed by atoms with Crippen LogP contribution in [-0.2, 0) is 14.3 Å². The molecule has 0 N–H and O–H groups in total. The van der Waals surface area contributed by atoms with Gasteiger partial charge in [0, 0.05) is 6.42 Å². The van der Waals surface area contributed by atoms with Crippen molar-refractivity contribution in [3.63, 3.8) is 0 Å². The highest BCUT2D eigenvalue weighted by Crippen LogP contribution is 2.34. The summed E-state index contributed by atoms with van der Waals surface area (Å²) in [6, 6.07) is 0. The molecule has 1 fully saturated rings. The molecule has 1 aliphatic heterocycles. The van der Waals surface area contributed by atoms with E-state index in [2.05, 4.69) is 13.8 Å². The van der Waals surface area contributed by atoms with E-state index in [1.165, 1.54) is 0 Å².